The van der Waals surface area contributed by atoms with E-state index in [-0.39, 0.29) is 6.85 Å². The molecule has 5 heterocycles. The topological polar surface area (TPSA) is 29.5 Å². The molecule has 0 amide bonds. The number of nitrogens with zero attached hydrogens (tertiary/aromatic N) is 1. The van der Waals surface area contributed by atoms with Gasteiger partial charge in [0, 0.05) is 64.2 Å². The van der Waals surface area contributed by atoms with Crippen molar-refractivity contribution in [3.05, 3.63) is 206 Å². The summed E-state index contributed by atoms with van der Waals surface area (Å²) >= 11 is 1.87. The van der Waals surface area contributed by atoms with E-state index in [9.17, 15) is 0 Å². The molecule has 0 saturated heterocycles. The van der Waals surface area contributed by atoms with Crippen molar-refractivity contribution in [3.63, 3.8) is 0 Å². The molecule has 0 aliphatic carbocycles. The SMILES string of the molecule is c1ccc2c(c1)B1c3ccc(-c4ccc5oc6ccccc6c5c4)cc3-c3cc(-c4ccc5oc6ccccc6c5c4)ccc3N1c1ccc(-c3ccc4sc5ccccc5c4c3)cc1-2. The maximum absolute atomic E-state index is 6.26. The van der Waals surface area contributed by atoms with E-state index in [0.717, 1.165) is 49.4 Å². The quantitative estimate of drug-likeness (QED) is 0.166. The number of furan rings is 2. The zero-order valence-corrected chi connectivity index (χ0v) is 35.7. The van der Waals surface area contributed by atoms with Crippen LogP contribution in [0, 0.1) is 0 Å². The number of hydrogen-bond acceptors (Lipinski definition) is 4. The molecular formula is C60H34BNO2S. The fraction of sp³-hybridized carbons (Fsp3) is 0. The molecule has 2 aliphatic rings. The summed E-state index contributed by atoms with van der Waals surface area (Å²) in [5.41, 5.74) is 20.8. The molecule has 300 valence electrons. The smallest absolute Gasteiger partial charge is 0.329 e. The van der Waals surface area contributed by atoms with E-state index < -0.39 is 0 Å². The second-order valence-electron chi connectivity index (χ2n) is 17.6. The Morgan fingerprint density at radius 1 is 0.308 bits per heavy atom. The Morgan fingerprint density at radius 2 is 0.754 bits per heavy atom. The van der Waals surface area contributed by atoms with Crippen LogP contribution in [0.2, 0.25) is 0 Å². The highest BCUT2D eigenvalue weighted by Gasteiger charge is 2.42. The van der Waals surface area contributed by atoms with Gasteiger partial charge in [-0.3, -0.25) is 0 Å². The van der Waals surface area contributed by atoms with Crippen molar-refractivity contribution in [3.8, 4) is 55.6 Å². The molecule has 0 radical (unpaired) electrons. The van der Waals surface area contributed by atoms with Crippen LogP contribution in [-0.2, 0) is 0 Å². The minimum atomic E-state index is -0.0191. The number of hydrogen-bond donors (Lipinski definition) is 0. The van der Waals surface area contributed by atoms with Crippen LogP contribution in [0.3, 0.4) is 0 Å². The van der Waals surface area contributed by atoms with E-state index in [0.29, 0.717) is 0 Å². The molecule has 0 bridgehead atoms. The first kappa shape index (κ1) is 35.4. The molecule has 5 heteroatoms. The normalized spacial score (nSPS) is 12.9. The van der Waals surface area contributed by atoms with Gasteiger partial charge in [-0.1, -0.05) is 121 Å². The molecule has 3 nitrogen and oxygen atoms in total. The molecule has 15 rings (SSSR count). The van der Waals surface area contributed by atoms with Crippen molar-refractivity contribution < 1.29 is 8.83 Å². The van der Waals surface area contributed by atoms with Crippen LogP contribution in [0.25, 0.3) is 120 Å². The summed E-state index contributed by atoms with van der Waals surface area (Å²) in [5.74, 6) is 0. The van der Waals surface area contributed by atoms with E-state index >= 15 is 0 Å². The molecule has 65 heavy (non-hydrogen) atoms. The monoisotopic (exact) mass is 843 g/mol. The van der Waals surface area contributed by atoms with Crippen LogP contribution in [0.5, 0.6) is 0 Å². The molecule has 0 fully saturated rings. The van der Waals surface area contributed by atoms with E-state index in [1.807, 2.05) is 35.6 Å². The Morgan fingerprint density at radius 3 is 1.43 bits per heavy atom. The van der Waals surface area contributed by atoms with Gasteiger partial charge >= 0.3 is 6.85 Å². The second-order valence-corrected chi connectivity index (χ2v) is 18.6. The highest BCUT2D eigenvalue weighted by atomic mass is 32.1. The minimum absolute atomic E-state index is 0.0191. The maximum Gasteiger partial charge on any atom is 0.329 e. The molecule has 13 aromatic rings. The molecular weight excluding hydrogens is 810 g/mol. The number of para-hydroxylation sites is 2. The first-order valence-electron chi connectivity index (χ1n) is 22.2. The van der Waals surface area contributed by atoms with E-state index in [1.165, 1.54) is 92.5 Å². The van der Waals surface area contributed by atoms with Gasteiger partial charge in [-0.05, 0) is 140 Å². The van der Waals surface area contributed by atoms with Crippen molar-refractivity contribution in [2.75, 3.05) is 4.81 Å². The number of fused-ring (bicyclic) bond motifs is 20. The molecule has 10 aromatic carbocycles. The van der Waals surface area contributed by atoms with Gasteiger partial charge in [0.2, 0.25) is 0 Å². The first-order valence-corrected chi connectivity index (χ1v) is 23.1. The number of anilines is 2. The zero-order chi connectivity index (χ0) is 42.3. The molecule has 0 N–H and O–H groups in total. The van der Waals surface area contributed by atoms with Gasteiger partial charge < -0.3 is 13.6 Å². The van der Waals surface area contributed by atoms with Crippen molar-refractivity contribution >= 4 is 105 Å². The van der Waals surface area contributed by atoms with E-state index in [1.54, 1.807) is 0 Å². The summed E-state index contributed by atoms with van der Waals surface area (Å²) in [7, 11) is 0. The van der Waals surface area contributed by atoms with Gasteiger partial charge in [-0.15, -0.1) is 11.3 Å². The third-order valence-electron chi connectivity index (χ3n) is 14.1. The third kappa shape index (κ3) is 5.13. The molecule has 0 spiro atoms. The Labute approximate surface area is 378 Å². The lowest BCUT2D eigenvalue weighted by Gasteiger charge is -2.43. The lowest BCUT2D eigenvalue weighted by molar-refractivity contribution is 0.668. The van der Waals surface area contributed by atoms with E-state index in [4.69, 9.17) is 8.83 Å². The Kier molecular flexibility index (Phi) is 7.19. The lowest BCUT2D eigenvalue weighted by Crippen LogP contribution is -2.59. The minimum Gasteiger partial charge on any atom is -0.456 e. The fourth-order valence-electron chi connectivity index (χ4n) is 11.0. The predicted molar refractivity (Wildman–Crippen MR) is 275 cm³/mol. The predicted octanol–water partition coefficient (Wildman–Crippen LogP) is 15.8. The van der Waals surface area contributed by atoms with Crippen LogP contribution in [-0.4, -0.2) is 6.85 Å². The summed E-state index contributed by atoms with van der Waals surface area (Å²) in [5, 5.41) is 7.17. The standard InChI is InChI=1S/C60H34BNO2S/c1-5-13-51-41(9-1)46-30-36(40-22-28-60-50(34-40)44-12-4-8-16-59(44)65-60)18-24-53(46)62-54-25-19-37(39-21-27-58-49(33-39)43-11-3-7-15-56(43)64-58)31-47(54)45-29-35(17-23-52(45)61(51)62)38-20-26-57-48(32-38)42-10-2-6-14-55(42)63-57/h1-34H. The van der Waals surface area contributed by atoms with Gasteiger partial charge in [-0.25, -0.2) is 0 Å². The van der Waals surface area contributed by atoms with Crippen LogP contribution >= 0.6 is 11.3 Å². The largest absolute Gasteiger partial charge is 0.456 e. The summed E-state index contributed by atoms with van der Waals surface area (Å²) in [6, 6.07) is 76.0. The number of benzene rings is 10. The molecule has 3 aromatic heterocycles. The first-order chi connectivity index (χ1) is 32.2. The van der Waals surface area contributed by atoms with E-state index in [2.05, 4.69) is 187 Å². The number of thiophene rings is 1. The van der Waals surface area contributed by atoms with Gasteiger partial charge in [0.25, 0.3) is 0 Å². The third-order valence-corrected chi connectivity index (χ3v) is 15.2. The summed E-state index contributed by atoms with van der Waals surface area (Å²) in [4.78, 5) is 2.61. The van der Waals surface area contributed by atoms with Crippen molar-refractivity contribution in [2.45, 2.75) is 0 Å². The van der Waals surface area contributed by atoms with Gasteiger partial charge in [0.15, 0.2) is 0 Å². The Hall–Kier alpha value is -8.12. The summed E-state index contributed by atoms with van der Waals surface area (Å²) < 4.78 is 15.2. The van der Waals surface area contributed by atoms with Crippen LogP contribution in [0.15, 0.2) is 215 Å². The van der Waals surface area contributed by atoms with Crippen LogP contribution < -0.4 is 15.7 Å². The lowest BCUT2D eigenvalue weighted by atomic mass is 9.43. The second kappa shape index (κ2) is 13.2. The maximum atomic E-state index is 6.26. The highest BCUT2D eigenvalue weighted by Crippen LogP contribution is 2.49. The van der Waals surface area contributed by atoms with Gasteiger partial charge in [0.1, 0.15) is 22.3 Å². The van der Waals surface area contributed by atoms with Crippen LogP contribution in [0.1, 0.15) is 0 Å². The number of rotatable bonds is 3. The summed E-state index contributed by atoms with van der Waals surface area (Å²) in [6.45, 7) is -0.0191. The molecule has 2 aliphatic heterocycles. The Balaban J connectivity index is 0.934. The molecule has 0 atom stereocenters. The molecule has 0 unspecified atom stereocenters. The Bertz CT molecular complexity index is 4170. The highest BCUT2D eigenvalue weighted by molar-refractivity contribution is 7.25. The van der Waals surface area contributed by atoms with Gasteiger partial charge in [0.05, 0.1) is 0 Å². The average molecular weight is 844 g/mol. The zero-order valence-electron chi connectivity index (χ0n) is 34.9. The van der Waals surface area contributed by atoms with Gasteiger partial charge in [-0.2, -0.15) is 0 Å². The fourth-order valence-corrected chi connectivity index (χ4v) is 12.1. The molecule has 0 saturated carbocycles. The van der Waals surface area contributed by atoms with Crippen LogP contribution in [0.4, 0.5) is 11.4 Å². The van der Waals surface area contributed by atoms with Crippen molar-refractivity contribution in [1.29, 1.82) is 0 Å². The van der Waals surface area contributed by atoms with Crippen molar-refractivity contribution in [1.82, 2.24) is 0 Å². The summed E-state index contributed by atoms with van der Waals surface area (Å²) in [6.07, 6.45) is 0. The average Bonchev–Trinajstić information content (AvgIpc) is 4.06. The van der Waals surface area contributed by atoms with Crippen molar-refractivity contribution in [2.24, 2.45) is 0 Å².